The van der Waals surface area contributed by atoms with Crippen molar-refractivity contribution in [3.05, 3.63) is 58.1 Å². The quantitative estimate of drug-likeness (QED) is 0.643. The number of carbonyl (C=O) groups excluding carboxylic acids is 1. The van der Waals surface area contributed by atoms with Gasteiger partial charge < -0.3 is 0 Å². The summed E-state index contributed by atoms with van der Waals surface area (Å²) in [6.45, 7) is 4.59. The highest BCUT2D eigenvalue weighted by atomic mass is 79.9. The number of para-hydroxylation sites is 1. The van der Waals surface area contributed by atoms with E-state index in [0.717, 1.165) is 25.4 Å². The lowest BCUT2D eigenvalue weighted by Crippen LogP contribution is -2.30. The Bertz CT molecular complexity index is 844. The number of anilines is 1. The van der Waals surface area contributed by atoms with E-state index in [9.17, 15) is 4.79 Å². The van der Waals surface area contributed by atoms with E-state index in [-0.39, 0.29) is 5.91 Å². The van der Waals surface area contributed by atoms with Crippen LogP contribution in [0.5, 0.6) is 0 Å². The molecule has 3 aromatic rings. The SMILES string of the molecule is CCN(C(=O)c1ccccc1Br)c1nc2c(C)cccc2s1. The summed E-state index contributed by atoms with van der Waals surface area (Å²) in [4.78, 5) is 19.2. The minimum atomic E-state index is -0.0355. The Morgan fingerprint density at radius 3 is 2.68 bits per heavy atom. The molecule has 2 aromatic carbocycles. The molecule has 0 N–H and O–H groups in total. The molecule has 0 unspecified atom stereocenters. The molecular weight excluding hydrogens is 360 g/mol. The van der Waals surface area contributed by atoms with Crippen molar-refractivity contribution in [1.82, 2.24) is 4.98 Å². The molecule has 0 fully saturated rings. The number of hydrogen-bond donors (Lipinski definition) is 0. The van der Waals surface area contributed by atoms with Crippen LogP contribution in [0.4, 0.5) is 5.13 Å². The first-order valence-corrected chi connectivity index (χ1v) is 8.65. The van der Waals surface area contributed by atoms with Gasteiger partial charge in [-0.3, -0.25) is 9.69 Å². The van der Waals surface area contributed by atoms with Crippen LogP contribution in [-0.2, 0) is 0 Å². The molecule has 112 valence electrons. The van der Waals surface area contributed by atoms with Gasteiger partial charge in [0, 0.05) is 11.0 Å². The van der Waals surface area contributed by atoms with Crippen molar-refractivity contribution in [1.29, 1.82) is 0 Å². The van der Waals surface area contributed by atoms with Crippen molar-refractivity contribution in [2.45, 2.75) is 13.8 Å². The summed E-state index contributed by atoms with van der Waals surface area (Å²) in [6.07, 6.45) is 0. The molecule has 0 aliphatic heterocycles. The van der Waals surface area contributed by atoms with Gasteiger partial charge in [0.15, 0.2) is 5.13 Å². The summed E-state index contributed by atoms with van der Waals surface area (Å²) in [5.74, 6) is -0.0355. The second-order valence-electron chi connectivity index (χ2n) is 4.95. The van der Waals surface area contributed by atoms with Gasteiger partial charge >= 0.3 is 0 Å². The number of rotatable bonds is 3. The van der Waals surface area contributed by atoms with Crippen LogP contribution in [0.25, 0.3) is 10.2 Å². The molecular formula is C17H15BrN2OS. The predicted octanol–water partition coefficient (Wildman–Crippen LogP) is 5.03. The number of thiazole rings is 1. The minimum Gasteiger partial charge on any atom is -0.284 e. The fourth-order valence-electron chi connectivity index (χ4n) is 2.34. The van der Waals surface area contributed by atoms with Crippen molar-refractivity contribution in [3.63, 3.8) is 0 Å². The number of amides is 1. The highest BCUT2D eigenvalue weighted by molar-refractivity contribution is 9.10. The number of carbonyl (C=O) groups is 1. The van der Waals surface area contributed by atoms with E-state index in [1.165, 1.54) is 0 Å². The van der Waals surface area contributed by atoms with Gasteiger partial charge in [0.2, 0.25) is 0 Å². The lowest BCUT2D eigenvalue weighted by molar-refractivity contribution is 0.0987. The number of nitrogens with zero attached hydrogens (tertiary/aromatic N) is 2. The van der Waals surface area contributed by atoms with Gasteiger partial charge in [-0.1, -0.05) is 35.6 Å². The minimum absolute atomic E-state index is 0.0355. The van der Waals surface area contributed by atoms with Crippen LogP contribution in [0, 0.1) is 6.92 Å². The average molecular weight is 375 g/mol. The number of halogens is 1. The molecule has 3 rings (SSSR count). The van der Waals surface area contributed by atoms with Crippen LogP contribution in [0.1, 0.15) is 22.8 Å². The van der Waals surface area contributed by atoms with Crippen LogP contribution in [-0.4, -0.2) is 17.4 Å². The zero-order chi connectivity index (χ0) is 15.7. The average Bonchev–Trinajstić information content (AvgIpc) is 2.93. The van der Waals surface area contributed by atoms with E-state index in [2.05, 4.69) is 20.9 Å². The maximum Gasteiger partial charge on any atom is 0.261 e. The zero-order valence-electron chi connectivity index (χ0n) is 12.3. The smallest absolute Gasteiger partial charge is 0.261 e. The predicted molar refractivity (Wildman–Crippen MR) is 95.8 cm³/mol. The van der Waals surface area contributed by atoms with E-state index >= 15 is 0 Å². The standard InChI is InChI=1S/C17H15BrN2OS/c1-3-20(16(21)12-8-4-5-9-13(12)18)17-19-15-11(2)7-6-10-14(15)22-17/h4-10H,3H2,1-2H3. The Kier molecular flexibility index (Phi) is 4.27. The zero-order valence-corrected chi connectivity index (χ0v) is 14.7. The Morgan fingerprint density at radius 2 is 2.00 bits per heavy atom. The van der Waals surface area contributed by atoms with E-state index in [1.54, 1.807) is 16.2 Å². The van der Waals surface area contributed by atoms with Gasteiger partial charge in [0.25, 0.3) is 5.91 Å². The second-order valence-corrected chi connectivity index (χ2v) is 6.81. The monoisotopic (exact) mass is 374 g/mol. The molecule has 0 bridgehead atoms. The first kappa shape index (κ1) is 15.2. The molecule has 0 spiro atoms. The van der Waals surface area contributed by atoms with Crippen molar-refractivity contribution in [3.8, 4) is 0 Å². The van der Waals surface area contributed by atoms with E-state index in [0.29, 0.717) is 12.1 Å². The maximum absolute atomic E-state index is 12.8. The van der Waals surface area contributed by atoms with Crippen LogP contribution in [0.2, 0.25) is 0 Å². The summed E-state index contributed by atoms with van der Waals surface area (Å²) in [7, 11) is 0. The number of benzene rings is 2. The lowest BCUT2D eigenvalue weighted by Gasteiger charge is -2.18. The van der Waals surface area contributed by atoms with Crippen LogP contribution < -0.4 is 4.90 Å². The third-order valence-electron chi connectivity index (χ3n) is 3.51. The Labute approximate surface area is 141 Å². The number of hydrogen-bond acceptors (Lipinski definition) is 3. The molecule has 0 aliphatic carbocycles. The van der Waals surface area contributed by atoms with Gasteiger partial charge in [-0.2, -0.15) is 0 Å². The fourth-order valence-corrected chi connectivity index (χ4v) is 3.90. The Hall–Kier alpha value is -1.72. The van der Waals surface area contributed by atoms with Gasteiger partial charge in [0.1, 0.15) is 0 Å². The number of fused-ring (bicyclic) bond motifs is 1. The first-order chi connectivity index (χ1) is 10.6. The largest absolute Gasteiger partial charge is 0.284 e. The van der Waals surface area contributed by atoms with Crippen LogP contribution in [0.15, 0.2) is 46.9 Å². The van der Waals surface area contributed by atoms with Gasteiger partial charge in [-0.25, -0.2) is 4.98 Å². The third kappa shape index (κ3) is 2.66. The Balaban J connectivity index is 2.04. The molecule has 1 heterocycles. The summed E-state index contributed by atoms with van der Waals surface area (Å²) in [5, 5.41) is 0.743. The highest BCUT2D eigenvalue weighted by Gasteiger charge is 2.21. The van der Waals surface area contributed by atoms with Gasteiger partial charge in [-0.05, 0) is 53.5 Å². The molecule has 0 atom stereocenters. The first-order valence-electron chi connectivity index (χ1n) is 7.04. The molecule has 3 nitrogen and oxygen atoms in total. The molecule has 0 radical (unpaired) electrons. The number of aryl methyl sites for hydroxylation is 1. The molecule has 5 heteroatoms. The molecule has 1 amide bonds. The normalized spacial score (nSPS) is 10.9. The van der Waals surface area contributed by atoms with Gasteiger partial charge in [0.05, 0.1) is 15.8 Å². The van der Waals surface area contributed by atoms with E-state index in [4.69, 9.17) is 0 Å². The van der Waals surface area contributed by atoms with E-state index in [1.807, 2.05) is 56.3 Å². The third-order valence-corrected chi connectivity index (χ3v) is 5.24. The number of aromatic nitrogens is 1. The molecule has 0 aliphatic rings. The maximum atomic E-state index is 12.8. The highest BCUT2D eigenvalue weighted by Crippen LogP contribution is 2.31. The summed E-state index contributed by atoms with van der Waals surface area (Å²) >= 11 is 5.00. The van der Waals surface area contributed by atoms with Crippen LogP contribution >= 0.6 is 27.3 Å². The summed E-state index contributed by atoms with van der Waals surface area (Å²) in [6, 6.07) is 13.6. The van der Waals surface area contributed by atoms with Gasteiger partial charge in [-0.15, -0.1) is 0 Å². The Morgan fingerprint density at radius 1 is 1.23 bits per heavy atom. The van der Waals surface area contributed by atoms with Crippen molar-refractivity contribution < 1.29 is 4.79 Å². The summed E-state index contributed by atoms with van der Waals surface area (Å²) in [5.41, 5.74) is 2.76. The molecule has 0 saturated carbocycles. The lowest BCUT2D eigenvalue weighted by atomic mass is 10.2. The topological polar surface area (TPSA) is 33.2 Å². The molecule has 1 aromatic heterocycles. The fraction of sp³-hybridized carbons (Fsp3) is 0.176. The molecule has 0 saturated heterocycles. The van der Waals surface area contributed by atoms with E-state index < -0.39 is 0 Å². The summed E-state index contributed by atoms with van der Waals surface area (Å²) < 4.78 is 1.91. The van der Waals surface area contributed by atoms with Crippen LogP contribution in [0.3, 0.4) is 0 Å². The second kappa shape index (κ2) is 6.18. The van der Waals surface area contributed by atoms with Crippen molar-refractivity contribution in [2.75, 3.05) is 11.4 Å². The molecule has 22 heavy (non-hydrogen) atoms. The van der Waals surface area contributed by atoms with Crippen molar-refractivity contribution >= 4 is 48.5 Å². The van der Waals surface area contributed by atoms with Crippen molar-refractivity contribution in [2.24, 2.45) is 0 Å².